The van der Waals surface area contributed by atoms with Crippen LogP contribution in [0.4, 0.5) is 0 Å². The number of alkyl halides is 1. The van der Waals surface area contributed by atoms with Crippen LogP contribution in [0, 0.1) is 0 Å². The maximum Gasteiger partial charge on any atom is 0.0588 e. The second kappa shape index (κ2) is 4.78. The van der Waals surface area contributed by atoms with Crippen molar-refractivity contribution in [1.29, 1.82) is 0 Å². The van der Waals surface area contributed by atoms with Gasteiger partial charge in [0.15, 0.2) is 0 Å². The van der Waals surface area contributed by atoms with E-state index in [2.05, 4.69) is 49.4 Å². The normalized spacial score (nSPS) is 22.6. The minimum Gasteiger partial charge on any atom is -0.118 e. The Morgan fingerprint density at radius 2 is 1.67 bits per heavy atom. The largest absolute Gasteiger partial charge is 0.118 e. The average Bonchev–Trinajstić information content (AvgIpc) is 2.44. The third-order valence-corrected chi connectivity index (χ3v) is 4.37. The molecule has 1 heteroatoms. The highest BCUT2D eigenvalue weighted by Crippen LogP contribution is 2.42. The first-order valence-corrected chi connectivity index (χ1v) is 7.02. The second-order valence-corrected chi connectivity index (χ2v) is 5.68. The fourth-order valence-corrected chi connectivity index (χ4v) is 3.13. The van der Waals surface area contributed by atoms with Crippen LogP contribution in [0.25, 0.3) is 11.1 Å². The molecule has 0 N–H and O–H groups in total. The molecule has 0 nitrogen and oxygen atoms in total. The molecule has 0 fully saturated rings. The topological polar surface area (TPSA) is 0 Å². The zero-order valence-electron chi connectivity index (χ0n) is 10.6. The predicted molar refractivity (Wildman–Crippen MR) is 78.1 cm³/mol. The summed E-state index contributed by atoms with van der Waals surface area (Å²) in [6, 6.07) is 17.3. The molecule has 1 aliphatic carbocycles. The van der Waals surface area contributed by atoms with Gasteiger partial charge in [-0.15, -0.1) is 11.6 Å². The summed E-state index contributed by atoms with van der Waals surface area (Å²) in [5, 5.41) is 0.180. The predicted octanol–water partition coefficient (Wildman–Crippen LogP) is 5.53. The third-order valence-electron chi connectivity index (χ3n) is 3.92. The first kappa shape index (κ1) is 11.8. The maximum atomic E-state index is 6.47. The lowest BCUT2D eigenvalue weighted by Gasteiger charge is -2.26. The van der Waals surface area contributed by atoms with Crippen molar-refractivity contribution in [3.63, 3.8) is 0 Å². The standard InChI is InChI=1S/C17H17Cl/c1-12-7-10-17(18)16-11-14(8-9-15(12)16)13-5-3-2-4-6-13/h2-6,8-9,11-12,17H,7,10H2,1H3. The van der Waals surface area contributed by atoms with Crippen molar-refractivity contribution < 1.29 is 0 Å². The van der Waals surface area contributed by atoms with E-state index in [9.17, 15) is 0 Å². The molecule has 0 spiro atoms. The lowest BCUT2D eigenvalue weighted by molar-refractivity contribution is 0.579. The zero-order chi connectivity index (χ0) is 12.5. The number of fused-ring (bicyclic) bond motifs is 1. The average molecular weight is 257 g/mol. The van der Waals surface area contributed by atoms with Gasteiger partial charge in [0.05, 0.1) is 5.38 Å². The lowest BCUT2D eigenvalue weighted by atomic mass is 9.82. The number of benzene rings is 2. The monoisotopic (exact) mass is 256 g/mol. The van der Waals surface area contributed by atoms with E-state index in [-0.39, 0.29) is 5.38 Å². The Labute approximate surface area is 114 Å². The summed E-state index contributed by atoms with van der Waals surface area (Å²) in [7, 11) is 0. The van der Waals surface area contributed by atoms with Gasteiger partial charge < -0.3 is 0 Å². The van der Waals surface area contributed by atoms with Crippen molar-refractivity contribution in [2.75, 3.05) is 0 Å². The molecule has 2 atom stereocenters. The summed E-state index contributed by atoms with van der Waals surface area (Å²) in [6.45, 7) is 2.30. The molecule has 2 aromatic carbocycles. The number of rotatable bonds is 1. The summed E-state index contributed by atoms with van der Waals surface area (Å²) in [4.78, 5) is 0. The highest BCUT2D eigenvalue weighted by atomic mass is 35.5. The molecule has 0 aromatic heterocycles. The quantitative estimate of drug-likeness (QED) is 0.589. The van der Waals surface area contributed by atoms with E-state index in [4.69, 9.17) is 11.6 Å². The lowest BCUT2D eigenvalue weighted by Crippen LogP contribution is -2.09. The fraction of sp³-hybridized carbons (Fsp3) is 0.294. The molecule has 0 saturated heterocycles. The van der Waals surface area contributed by atoms with E-state index in [1.54, 1.807) is 0 Å². The Kier molecular flexibility index (Phi) is 3.13. The molecule has 18 heavy (non-hydrogen) atoms. The van der Waals surface area contributed by atoms with E-state index in [0.29, 0.717) is 5.92 Å². The van der Waals surface area contributed by atoms with Crippen LogP contribution in [0.2, 0.25) is 0 Å². The van der Waals surface area contributed by atoms with Gasteiger partial charge in [-0.05, 0) is 47.1 Å². The van der Waals surface area contributed by atoms with Crippen molar-refractivity contribution in [3.05, 3.63) is 59.7 Å². The van der Waals surface area contributed by atoms with Gasteiger partial charge in [0.2, 0.25) is 0 Å². The van der Waals surface area contributed by atoms with Crippen molar-refractivity contribution in [3.8, 4) is 11.1 Å². The van der Waals surface area contributed by atoms with Gasteiger partial charge in [-0.25, -0.2) is 0 Å². The molecule has 1 aliphatic rings. The molecule has 0 radical (unpaired) electrons. The zero-order valence-corrected chi connectivity index (χ0v) is 11.3. The minimum atomic E-state index is 0.180. The SMILES string of the molecule is CC1CCC(Cl)c2cc(-c3ccccc3)ccc21. The van der Waals surface area contributed by atoms with E-state index >= 15 is 0 Å². The molecule has 0 aliphatic heterocycles. The summed E-state index contributed by atoms with van der Waals surface area (Å²) in [6.07, 6.45) is 2.29. The Morgan fingerprint density at radius 3 is 2.44 bits per heavy atom. The smallest absolute Gasteiger partial charge is 0.0588 e. The van der Waals surface area contributed by atoms with Crippen LogP contribution in [0.5, 0.6) is 0 Å². The van der Waals surface area contributed by atoms with Gasteiger partial charge in [0.1, 0.15) is 0 Å². The third kappa shape index (κ3) is 2.06. The molecule has 0 amide bonds. The van der Waals surface area contributed by atoms with Crippen LogP contribution >= 0.6 is 11.6 Å². The maximum absolute atomic E-state index is 6.47. The van der Waals surface area contributed by atoms with Crippen molar-refractivity contribution in [1.82, 2.24) is 0 Å². The summed E-state index contributed by atoms with van der Waals surface area (Å²) in [5.41, 5.74) is 5.30. The van der Waals surface area contributed by atoms with E-state index < -0.39 is 0 Å². The summed E-state index contributed by atoms with van der Waals surface area (Å²) < 4.78 is 0. The van der Waals surface area contributed by atoms with Crippen molar-refractivity contribution in [2.24, 2.45) is 0 Å². The van der Waals surface area contributed by atoms with E-state index in [1.807, 2.05) is 6.07 Å². The molecule has 2 unspecified atom stereocenters. The van der Waals surface area contributed by atoms with Crippen molar-refractivity contribution in [2.45, 2.75) is 31.1 Å². The Morgan fingerprint density at radius 1 is 0.889 bits per heavy atom. The molecule has 92 valence electrons. The summed E-state index contributed by atoms with van der Waals surface area (Å²) >= 11 is 6.47. The van der Waals surface area contributed by atoms with Gasteiger partial charge >= 0.3 is 0 Å². The van der Waals surface area contributed by atoms with Crippen LogP contribution < -0.4 is 0 Å². The summed E-state index contributed by atoms with van der Waals surface area (Å²) in [5.74, 6) is 0.639. The second-order valence-electron chi connectivity index (χ2n) is 5.16. The van der Waals surface area contributed by atoms with Crippen LogP contribution in [0.1, 0.15) is 42.2 Å². The van der Waals surface area contributed by atoms with Crippen LogP contribution in [-0.2, 0) is 0 Å². The van der Waals surface area contributed by atoms with Gasteiger partial charge in [-0.1, -0.05) is 49.4 Å². The Balaban J connectivity index is 2.08. The van der Waals surface area contributed by atoms with Gasteiger partial charge in [-0.3, -0.25) is 0 Å². The fourth-order valence-electron chi connectivity index (χ4n) is 2.81. The molecular weight excluding hydrogens is 240 g/mol. The molecule has 0 heterocycles. The van der Waals surface area contributed by atoms with E-state index in [1.165, 1.54) is 28.7 Å². The molecule has 0 bridgehead atoms. The highest BCUT2D eigenvalue weighted by Gasteiger charge is 2.23. The minimum absolute atomic E-state index is 0.180. The first-order chi connectivity index (χ1) is 8.75. The van der Waals surface area contributed by atoms with E-state index in [0.717, 1.165) is 6.42 Å². The molecule has 2 aromatic rings. The van der Waals surface area contributed by atoms with Crippen molar-refractivity contribution >= 4 is 11.6 Å². The van der Waals surface area contributed by atoms with Crippen LogP contribution in [0.15, 0.2) is 48.5 Å². The molecule has 3 rings (SSSR count). The molecule has 0 saturated carbocycles. The van der Waals surface area contributed by atoms with Gasteiger partial charge in [-0.2, -0.15) is 0 Å². The number of halogens is 1. The van der Waals surface area contributed by atoms with Crippen LogP contribution in [-0.4, -0.2) is 0 Å². The van der Waals surface area contributed by atoms with Crippen LogP contribution in [0.3, 0.4) is 0 Å². The first-order valence-electron chi connectivity index (χ1n) is 6.59. The number of hydrogen-bond acceptors (Lipinski definition) is 0. The van der Waals surface area contributed by atoms with Gasteiger partial charge in [0, 0.05) is 0 Å². The Bertz CT molecular complexity index is 545. The highest BCUT2D eigenvalue weighted by molar-refractivity contribution is 6.21. The Hall–Kier alpha value is -1.27. The molecular formula is C17H17Cl. The number of hydrogen-bond donors (Lipinski definition) is 0. The van der Waals surface area contributed by atoms with Gasteiger partial charge in [0.25, 0.3) is 0 Å².